The summed E-state index contributed by atoms with van der Waals surface area (Å²) in [5.74, 6) is -0.676. The van der Waals surface area contributed by atoms with E-state index >= 15 is 0 Å². The van der Waals surface area contributed by atoms with Crippen molar-refractivity contribution >= 4 is 60.3 Å². The van der Waals surface area contributed by atoms with Crippen molar-refractivity contribution in [3.8, 4) is 5.75 Å². The van der Waals surface area contributed by atoms with Crippen LogP contribution in [0.2, 0.25) is 0 Å². The highest BCUT2D eigenvalue weighted by Crippen LogP contribution is 2.17. The third-order valence-corrected chi connectivity index (χ3v) is 4.93. The standard InChI is InChI=1S/C23H26N6O4.2ClH/c24-20(30)15-28-11-13-29(14-12-28)21(31)10-3-16-1-8-19(9-2-16)33-22(32)17-4-6-18(7-5-17)27-23(25)26;;/h1-10H,11-15H2,(H2,24,30)(H4,25,26,27);2*1H. The van der Waals surface area contributed by atoms with Crippen LogP contribution in [0.4, 0.5) is 5.69 Å². The minimum atomic E-state index is -0.514. The highest BCUT2D eigenvalue weighted by Gasteiger charge is 2.20. The van der Waals surface area contributed by atoms with Gasteiger partial charge in [0, 0.05) is 32.3 Å². The normalized spacial score (nSPS) is 13.3. The molecule has 1 fully saturated rings. The van der Waals surface area contributed by atoms with Crippen molar-refractivity contribution in [3.63, 3.8) is 0 Å². The summed E-state index contributed by atoms with van der Waals surface area (Å²) in [4.78, 5) is 43.2. The Bertz CT molecular complexity index is 1060. The Morgan fingerprint density at radius 3 is 2.03 bits per heavy atom. The molecule has 2 aromatic carbocycles. The van der Waals surface area contributed by atoms with Gasteiger partial charge in [0.05, 0.1) is 17.8 Å². The highest BCUT2D eigenvalue weighted by molar-refractivity contribution is 5.92. The van der Waals surface area contributed by atoms with E-state index in [0.717, 1.165) is 5.56 Å². The fraction of sp³-hybridized carbons (Fsp3) is 0.217. The minimum Gasteiger partial charge on any atom is -0.423 e. The molecule has 1 aliphatic rings. The molecule has 2 aromatic rings. The third kappa shape index (κ3) is 9.28. The molecule has 3 rings (SSSR count). The molecular weight excluding hydrogens is 495 g/mol. The molecule has 188 valence electrons. The molecule has 10 nitrogen and oxygen atoms in total. The zero-order valence-electron chi connectivity index (χ0n) is 18.8. The quantitative estimate of drug-likeness (QED) is 0.162. The Hall–Kier alpha value is -3.60. The second-order valence-electron chi connectivity index (χ2n) is 7.44. The summed E-state index contributed by atoms with van der Waals surface area (Å²) in [6.07, 6.45) is 3.20. The lowest BCUT2D eigenvalue weighted by Gasteiger charge is -2.33. The van der Waals surface area contributed by atoms with Crippen molar-refractivity contribution in [1.29, 1.82) is 0 Å². The number of primary amides is 1. The molecule has 0 aromatic heterocycles. The van der Waals surface area contributed by atoms with Crippen LogP contribution in [0.15, 0.2) is 59.6 Å². The van der Waals surface area contributed by atoms with E-state index in [-0.39, 0.29) is 49.1 Å². The molecule has 0 bridgehead atoms. The lowest BCUT2D eigenvalue weighted by Crippen LogP contribution is -2.50. The van der Waals surface area contributed by atoms with E-state index in [9.17, 15) is 14.4 Å². The maximum atomic E-state index is 12.4. The van der Waals surface area contributed by atoms with Crippen molar-refractivity contribution in [2.75, 3.05) is 32.7 Å². The first-order valence-corrected chi connectivity index (χ1v) is 10.3. The van der Waals surface area contributed by atoms with Gasteiger partial charge in [-0.15, -0.1) is 24.8 Å². The average molecular weight is 523 g/mol. The molecule has 35 heavy (non-hydrogen) atoms. The Morgan fingerprint density at radius 1 is 0.886 bits per heavy atom. The topological polar surface area (TPSA) is 157 Å². The van der Waals surface area contributed by atoms with Gasteiger partial charge in [0.1, 0.15) is 5.75 Å². The monoisotopic (exact) mass is 522 g/mol. The van der Waals surface area contributed by atoms with Gasteiger partial charge < -0.3 is 26.8 Å². The SMILES string of the molecule is Cl.Cl.NC(=O)CN1CCN(C(=O)C=Cc2ccc(OC(=O)c3ccc(N=C(N)N)cc3)cc2)CC1. The number of aliphatic imine (C=N–C) groups is 1. The molecule has 1 aliphatic heterocycles. The molecule has 12 heteroatoms. The number of piperazine rings is 1. The number of benzene rings is 2. The van der Waals surface area contributed by atoms with Crippen LogP contribution in [-0.2, 0) is 9.59 Å². The average Bonchev–Trinajstić information content (AvgIpc) is 2.78. The Morgan fingerprint density at radius 2 is 1.49 bits per heavy atom. The largest absolute Gasteiger partial charge is 0.423 e. The second-order valence-corrected chi connectivity index (χ2v) is 7.44. The number of hydrogen-bond acceptors (Lipinski definition) is 6. The molecular formula is C23H28Cl2N6O4. The number of guanidine groups is 1. The molecule has 0 saturated carbocycles. The van der Waals surface area contributed by atoms with Gasteiger partial charge in [0.2, 0.25) is 11.8 Å². The first-order valence-electron chi connectivity index (χ1n) is 10.3. The number of nitrogens with zero attached hydrogens (tertiary/aromatic N) is 3. The maximum absolute atomic E-state index is 12.4. The van der Waals surface area contributed by atoms with Crippen molar-refractivity contribution in [3.05, 3.63) is 65.7 Å². The second kappa shape index (κ2) is 14.0. The number of ether oxygens (including phenoxy) is 1. The van der Waals surface area contributed by atoms with E-state index in [2.05, 4.69) is 4.99 Å². The van der Waals surface area contributed by atoms with Crippen LogP contribution in [0.5, 0.6) is 5.75 Å². The molecule has 0 radical (unpaired) electrons. The molecule has 1 saturated heterocycles. The van der Waals surface area contributed by atoms with E-state index in [1.54, 1.807) is 59.5 Å². The van der Waals surface area contributed by atoms with Gasteiger partial charge in [-0.05, 0) is 48.0 Å². The fourth-order valence-electron chi connectivity index (χ4n) is 3.25. The van der Waals surface area contributed by atoms with Crippen LogP contribution in [0.25, 0.3) is 6.08 Å². The van der Waals surface area contributed by atoms with Gasteiger partial charge in [0.25, 0.3) is 0 Å². The molecule has 0 spiro atoms. The molecule has 0 atom stereocenters. The van der Waals surface area contributed by atoms with Crippen molar-refractivity contribution in [2.24, 2.45) is 22.2 Å². The third-order valence-electron chi connectivity index (χ3n) is 4.93. The number of carbonyl (C=O) groups excluding carboxylic acids is 3. The summed E-state index contributed by atoms with van der Waals surface area (Å²) in [5.41, 5.74) is 17.5. The number of nitrogens with two attached hydrogens (primary N) is 3. The molecule has 6 N–H and O–H groups in total. The van der Waals surface area contributed by atoms with Gasteiger partial charge >= 0.3 is 5.97 Å². The van der Waals surface area contributed by atoms with Crippen molar-refractivity contribution in [1.82, 2.24) is 9.80 Å². The zero-order chi connectivity index (χ0) is 23.8. The minimum absolute atomic E-state index is 0. The van der Waals surface area contributed by atoms with E-state index < -0.39 is 5.97 Å². The molecule has 2 amide bonds. The van der Waals surface area contributed by atoms with Crippen LogP contribution in [-0.4, -0.2) is 66.3 Å². The summed E-state index contributed by atoms with van der Waals surface area (Å²) in [7, 11) is 0. The number of rotatable bonds is 7. The summed E-state index contributed by atoms with van der Waals surface area (Å²) in [5, 5.41) is 0. The zero-order valence-corrected chi connectivity index (χ0v) is 20.5. The van der Waals surface area contributed by atoms with Crippen molar-refractivity contribution in [2.45, 2.75) is 0 Å². The number of hydrogen-bond donors (Lipinski definition) is 3. The van der Waals surface area contributed by atoms with E-state index in [1.165, 1.54) is 6.08 Å². The predicted molar refractivity (Wildman–Crippen MR) is 139 cm³/mol. The predicted octanol–water partition coefficient (Wildman–Crippen LogP) is 1.30. The van der Waals surface area contributed by atoms with Crippen LogP contribution >= 0.6 is 24.8 Å². The number of carbonyl (C=O) groups is 3. The van der Waals surface area contributed by atoms with Gasteiger partial charge in [-0.25, -0.2) is 9.79 Å². The number of halogens is 2. The summed E-state index contributed by atoms with van der Waals surface area (Å²) in [6.45, 7) is 2.51. The van der Waals surface area contributed by atoms with Crippen LogP contribution in [0.1, 0.15) is 15.9 Å². The Kier molecular flexibility index (Phi) is 11.7. The van der Waals surface area contributed by atoms with Crippen LogP contribution < -0.4 is 21.9 Å². The van der Waals surface area contributed by atoms with Crippen LogP contribution in [0, 0.1) is 0 Å². The Balaban J connectivity index is 0.00000306. The highest BCUT2D eigenvalue weighted by atomic mass is 35.5. The van der Waals surface area contributed by atoms with Crippen LogP contribution in [0.3, 0.4) is 0 Å². The lowest BCUT2D eigenvalue weighted by molar-refractivity contribution is -0.128. The number of amides is 2. The number of esters is 1. The van der Waals surface area contributed by atoms with E-state index in [0.29, 0.717) is 43.2 Å². The van der Waals surface area contributed by atoms with Gasteiger partial charge in [-0.3, -0.25) is 14.5 Å². The van der Waals surface area contributed by atoms with Gasteiger partial charge in [0.15, 0.2) is 5.96 Å². The van der Waals surface area contributed by atoms with Crippen molar-refractivity contribution < 1.29 is 19.1 Å². The van der Waals surface area contributed by atoms with Gasteiger partial charge in [-0.2, -0.15) is 0 Å². The molecule has 1 heterocycles. The van der Waals surface area contributed by atoms with E-state index in [4.69, 9.17) is 21.9 Å². The molecule has 0 unspecified atom stereocenters. The van der Waals surface area contributed by atoms with Gasteiger partial charge in [-0.1, -0.05) is 12.1 Å². The Labute approximate surface area is 215 Å². The molecule has 0 aliphatic carbocycles. The maximum Gasteiger partial charge on any atom is 0.343 e. The van der Waals surface area contributed by atoms with E-state index in [1.807, 2.05) is 4.90 Å². The lowest BCUT2D eigenvalue weighted by atomic mass is 10.2. The smallest absolute Gasteiger partial charge is 0.343 e. The first-order chi connectivity index (χ1) is 15.8. The first kappa shape index (κ1) is 29.4. The fourth-order valence-corrected chi connectivity index (χ4v) is 3.25. The summed E-state index contributed by atoms with van der Waals surface area (Å²) >= 11 is 0. The summed E-state index contributed by atoms with van der Waals surface area (Å²) in [6, 6.07) is 13.2. The summed E-state index contributed by atoms with van der Waals surface area (Å²) < 4.78 is 5.37.